The maximum atomic E-state index is 12.5. The Labute approximate surface area is 195 Å². The van der Waals surface area contributed by atoms with Gasteiger partial charge >= 0.3 is 0 Å². The van der Waals surface area contributed by atoms with Gasteiger partial charge in [0.05, 0.1) is 16.5 Å². The van der Waals surface area contributed by atoms with Crippen LogP contribution >= 0.6 is 23.4 Å². The van der Waals surface area contributed by atoms with E-state index in [1.807, 2.05) is 34.9 Å². The van der Waals surface area contributed by atoms with Gasteiger partial charge in [-0.3, -0.25) is 4.79 Å². The van der Waals surface area contributed by atoms with Crippen LogP contribution in [0.2, 0.25) is 5.02 Å². The zero-order valence-electron chi connectivity index (χ0n) is 17.1. The van der Waals surface area contributed by atoms with E-state index in [2.05, 4.69) is 27.6 Å². The number of anilines is 1. The van der Waals surface area contributed by atoms with Gasteiger partial charge in [0.1, 0.15) is 5.75 Å². The molecule has 1 aromatic heterocycles. The standard InChI is InChI=1S/C24H21ClN4O2S/c25-20-8-4-5-9-21(20)26-22(31)16-32-24-28-27-23(18-10-12-19(30)13-11-18)29(24)15-14-17-6-2-1-3-7-17/h1-13,30H,14-16H2,(H,26,31). The molecule has 32 heavy (non-hydrogen) atoms. The second-order valence-electron chi connectivity index (χ2n) is 7.06. The van der Waals surface area contributed by atoms with Gasteiger partial charge in [-0.1, -0.05) is 65.8 Å². The van der Waals surface area contributed by atoms with Crippen LogP contribution in [0.25, 0.3) is 11.4 Å². The van der Waals surface area contributed by atoms with E-state index in [1.165, 1.54) is 17.3 Å². The summed E-state index contributed by atoms with van der Waals surface area (Å²) in [6, 6.07) is 24.1. The summed E-state index contributed by atoms with van der Waals surface area (Å²) in [5.74, 6) is 0.876. The lowest BCUT2D eigenvalue weighted by Crippen LogP contribution is -2.15. The lowest BCUT2D eigenvalue weighted by molar-refractivity contribution is -0.113. The number of carbonyl (C=O) groups is 1. The van der Waals surface area contributed by atoms with Crippen LogP contribution in [-0.2, 0) is 17.8 Å². The highest BCUT2D eigenvalue weighted by atomic mass is 35.5. The van der Waals surface area contributed by atoms with E-state index < -0.39 is 0 Å². The summed E-state index contributed by atoms with van der Waals surface area (Å²) in [6.45, 7) is 0.654. The van der Waals surface area contributed by atoms with Crippen molar-refractivity contribution in [1.29, 1.82) is 0 Å². The topological polar surface area (TPSA) is 80.0 Å². The molecule has 0 bridgehead atoms. The average Bonchev–Trinajstić information content (AvgIpc) is 3.22. The summed E-state index contributed by atoms with van der Waals surface area (Å²) < 4.78 is 2.01. The number of carbonyl (C=O) groups excluding carboxylic acids is 1. The Bertz CT molecular complexity index is 1200. The number of benzene rings is 3. The third-order valence-electron chi connectivity index (χ3n) is 4.79. The van der Waals surface area contributed by atoms with E-state index in [-0.39, 0.29) is 17.4 Å². The van der Waals surface area contributed by atoms with Gasteiger partial charge in [0.15, 0.2) is 11.0 Å². The first-order valence-corrected chi connectivity index (χ1v) is 11.4. The van der Waals surface area contributed by atoms with Crippen LogP contribution in [0.5, 0.6) is 5.75 Å². The molecule has 0 aliphatic carbocycles. The van der Waals surface area contributed by atoms with E-state index in [0.717, 1.165) is 12.0 Å². The number of phenols is 1. The predicted molar refractivity (Wildman–Crippen MR) is 128 cm³/mol. The summed E-state index contributed by atoms with van der Waals surface area (Å²) in [4.78, 5) is 12.5. The molecule has 0 radical (unpaired) electrons. The van der Waals surface area contributed by atoms with Crippen molar-refractivity contribution in [1.82, 2.24) is 14.8 Å². The van der Waals surface area contributed by atoms with Crippen molar-refractivity contribution in [3.8, 4) is 17.1 Å². The van der Waals surface area contributed by atoms with Crippen LogP contribution in [0.4, 0.5) is 5.69 Å². The first-order chi connectivity index (χ1) is 15.6. The minimum absolute atomic E-state index is 0.171. The van der Waals surface area contributed by atoms with Crippen LogP contribution < -0.4 is 5.32 Å². The molecule has 0 atom stereocenters. The summed E-state index contributed by atoms with van der Waals surface area (Å²) in [7, 11) is 0. The van der Waals surface area contributed by atoms with E-state index in [4.69, 9.17) is 11.6 Å². The van der Waals surface area contributed by atoms with Crippen molar-refractivity contribution in [3.05, 3.63) is 89.4 Å². The fourth-order valence-electron chi connectivity index (χ4n) is 3.19. The number of hydrogen-bond donors (Lipinski definition) is 2. The van der Waals surface area contributed by atoms with Crippen LogP contribution in [-0.4, -0.2) is 31.5 Å². The lowest BCUT2D eigenvalue weighted by Gasteiger charge is -2.11. The molecule has 0 unspecified atom stereocenters. The van der Waals surface area contributed by atoms with E-state index in [9.17, 15) is 9.90 Å². The van der Waals surface area contributed by atoms with Gasteiger partial charge in [-0.2, -0.15) is 0 Å². The van der Waals surface area contributed by atoms with E-state index in [0.29, 0.717) is 28.2 Å². The molecule has 0 saturated carbocycles. The van der Waals surface area contributed by atoms with Crippen LogP contribution in [0.3, 0.4) is 0 Å². The molecule has 4 rings (SSSR count). The molecule has 0 aliphatic rings. The summed E-state index contributed by atoms with van der Waals surface area (Å²) in [6.07, 6.45) is 0.795. The minimum atomic E-state index is -0.174. The highest BCUT2D eigenvalue weighted by Crippen LogP contribution is 2.26. The summed E-state index contributed by atoms with van der Waals surface area (Å²) in [5, 5.41) is 22.3. The number of aryl methyl sites for hydroxylation is 1. The van der Waals surface area contributed by atoms with Crippen molar-refractivity contribution in [2.45, 2.75) is 18.1 Å². The highest BCUT2D eigenvalue weighted by molar-refractivity contribution is 7.99. The molecule has 1 amide bonds. The number of aromatic nitrogens is 3. The molecule has 3 aromatic carbocycles. The highest BCUT2D eigenvalue weighted by Gasteiger charge is 2.16. The van der Waals surface area contributed by atoms with Gasteiger partial charge in [0, 0.05) is 12.1 Å². The summed E-state index contributed by atoms with van der Waals surface area (Å²) in [5.41, 5.74) is 2.62. The van der Waals surface area contributed by atoms with Crippen molar-refractivity contribution in [2.75, 3.05) is 11.1 Å². The molecule has 4 aromatic rings. The molecule has 1 heterocycles. The first kappa shape index (κ1) is 21.9. The van der Waals surface area contributed by atoms with Crippen molar-refractivity contribution in [2.24, 2.45) is 0 Å². The van der Waals surface area contributed by atoms with Gasteiger partial charge in [-0.25, -0.2) is 0 Å². The molecule has 8 heteroatoms. The Morgan fingerprint density at radius 1 is 0.969 bits per heavy atom. The second kappa shape index (κ2) is 10.3. The number of para-hydroxylation sites is 1. The van der Waals surface area contributed by atoms with Gasteiger partial charge in [0.25, 0.3) is 0 Å². The lowest BCUT2D eigenvalue weighted by atomic mass is 10.1. The van der Waals surface area contributed by atoms with Gasteiger partial charge in [0.2, 0.25) is 5.91 Å². The Balaban J connectivity index is 1.52. The molecule has 0 spiro atoms. The number of rotatable bonds is 8. The second-order valence-corrected chi connectivity index (χ2v) is 8.41. The average molecular weight is 465 g/mol. The summed E-state index contributed by atoms with van der Waals surface area (Å²) >= 11 is 7.45. The Kier molecular flexibility index (Phi) is 7.09. The van der Waals surface area contributed by atoms with Crippen molar-refractivity contribution < 1.29 is 9.90 Å². The largest absolute Gasteiger partial charge is 0.508 e. The third kappa shape index (κ3) is 5.49. The molecule has 0 saturated heterocycles. The minimum Gasteiger partial charge on any atom is -0.508 e. The van der Waals surface area contributed by atoms with Crippen LogP contribution in [0.1, 0.15) is 5.56 Å². The molecule has 0 aliphatic heterocycles. The van der Waals surface area contributed by atoms with Crippen LogP contribution in [0.15, 0.2) is 84.0 Å². The first-order valence-electron chi connectivity index (χ1n) is 10.0. The third-order valence-corrected chi connectivity index (χ3v) is 6.09. The molecule has 6 nitrogen and oxygen atoms in total. The zero-order chi connectivity index (χ0) is 22.3. The number of amides is 1. The number of thioether (sulfide) groups is 1. The Morgan fingerprint density at radius 2 is 1.69 bits per heavy atom. The fourth-order valence-corrected chi connectivity index (χ4v) is 4.13. The molecule has 2 N–H and O–H groups in total. The van der Waals surface area contributed by atoms with Gasteiger partial charge < -0.3 is 15.0 Å². The van der Waals surface area contributed by atoms with Gasteiger partial charge in [-0.15, -0.1) is 10.2 Å². The number of nitrogens with one attached hydrogen (secondary N) is 1. The number of halogens is 1. The van der Waals surface area contributed by atoms with Crippen molar-refractivity contribution in [3.63, 3.8) is 0 Å². The Morgan fingerprint density at radius 3 is 2.44 bits per heavy atom. The smallest absolute Gasteiger partial charge is 0.234 e. The maximum absolute atomic E-state index is 12.5. The molecule has 162 valence electrons. The molecular weight excluding hydrogens is 444 g/mol. The molecule has 0 fully saturated rings. The monoisotopic (exact) mass is 464 g/mol. The predicted octanol–water partition coefficient (Wildman–Crippen LogP) is 5.28. The maximum Gasteiger partial charge on any atom is 0.234 e. The number of nitrogens with zero attached hydrogens (tertiary/aromatic N) is 3. The quantitative estimate of drug-likeness (QED) is 0.347. The fraction of sp³-hybridized carbons (Fsp3) is 0.125. The van der Waals surface area contributed by atoms with Crippen LogP contribution in [0, 0.1) is 0 Å². The SMILES string of the molecule is O=C(CSc1nnc(-c2ccc(O)cc2)n1CCc1ccccc1)Nc1ccccc1Cl. The normalized spacial score (nSPS) is 10.8. The van der Waals surface area contributed by atoms with Crippen molar-refractivity contribution >= 4 is 35.0 Å². The molecular formula is C24H21ClN4O2S. The number of hydrogen-bond acceptors (Lipinski definition) is 5. The number of phenolic OH excluding ortho intramolecular Hbond substituents is 1. The van der Waals surface area contributed by atoms with Gasteiger partial charge in [-0.05, 0) is 48.4 Å². The zero-order valence-corrected chi connectivity index (χ0v) is 18.7. The number of aromatic hydroxyl groups is 1. The van der Waals surface area contributed by atoms with E-state index >= 15 is 0 Å². The Hall–Kier alpha value is -3.29. The van der Waals surface area contributed by atoms with E-state index in [1.54, 1.807) is 36.4 Å².